The van der Waals surface area contributed by atoms with Crippen LogP contribution in [0.4, 0.5) is 0 Å². The second-order valence-corrected chi connectivity index (χ2v) is 37.1. The van der Waals surface area contributed by atoms with Crippen LogP contribution in [0, 0.1) is 13.8 Å². The van der Waals surface area contributed by atoms with Gasteiger partial charge in [0.15, 0.2) is 12.6 Å². The molecule has 0 N–H and O–H groups in total. The molecule has 0 bridgehead atoms. The lowest BCUT2D eigenvalue weighted by atomic mass is 9.96. The molecular formula is C120H154O17. The van der Waals surface area contributed by atoms with Gasteiger partial charge < -0.3 is 71.1 Å². The van der Waals surface area contributed by atoms with Crippen molar-refractivity contribution < 1.29 is 80.6 Å². The summed E-state index contributed by atoms with van der Waals surface area (Å²) in [4.78, 5) is 31.3. The van der Waals surface area contributed by atoms with Crippen molar-refractivity contribution >= 4 is 11.9 Å². The third kappa shape index (κ3) is 37.9. The first-order valence-corrected chi connectivity index (χ1v) is 51.7. The first-order valence-electron chi connectivity index (χ1n) is 51.7. The number of carbonyl (C=O) groups is 2. The molecule has 0 amide bonds. The molecule has 0 aliphatic carbocycles. The Hall–Kier alpha value is -10.0. The molecular weight excluding hydrogens is 1710 g/mol. The summed E-state index contributed by atoms with van der Waals surface area (Å²) in [6, 6.07) is 86.3. The largest absolute Gasteiger partial charge is 0.493 e. The Morgan fingerprint density at radius 3 is 0.715 bits per heavy atom. The quantitative estimate of drug-likeness (QED) is 0.0260. The minimum absolute atomic E-state index is 0.0641. The van der Waals surface area contributed by atoms with Gasteiger partial charge in [-0.05, 0) is 94.5 Å². The number of carbonyl (C=O) groups excluding carboxylic acids is 2. The number of hydrogen-bond acceptors (Lipinski definition) is 17. The van der Waals surface area contributed by atoms with E-state index in [-0.39, 0.29) is 77.2 Å². The summed E-state index contributed by atoms with van der Waals surface area (Å²) < 4.78 is 106. The normalized spacial score (nSPS) is 18.1. The van der Waals surface area contributed by atoms with Gasteiger partial charge in [-0.25, -0.2) is 9.59 Å². The van der Waals surface area contributed by atoms with Crippen molar-refractivity contribution in [2.45, 2.75) is 347 Å². The van der Waals surface area contributed by atoms with Crippen molar-refractivity contribution in [1.29, 1.82) is 0 Å². The van der Waals surface area contributed by atoms with Gasteiger partial charge in [0.05, 0.1) is 52.9 Å². The number of hydrogen-bond donors (Lipinski definition) is 0. The molecule has 10 aromatic rings. The minimum Gasteiger partial charge on any atom is -0.493 e. The standard InChI is InChI=1S/C120H154O17/c1-5-7-9-11-13-15-17-19-21-23-25-27-29-31-33-59-77-123-103-79-93(3)109(105(81-103)125-83-95-61-43-35-44-62-95)117(121)133-91-107-111(127-85-97-65-47-37-48-66-97)113(129-87-99-69-51-39-52-70-99)115(131-89-101-73-55-41-56-74-101)119(135-107)137-120-116(132-90-102-75-57-42-58-76-102)114(130-88-100-71-53-40-54-72-100)112(128-86-98-67-49-38-50-68-98)108(136-120)92-134-118(122)110-94(4)80-104(82-106(110)126-84-96-63-45-36-46-64-96)124-78-60-34-32-30-28-26-24-22-20-18-16-14-12-10-8-6-2/h35-58,61-76,79-82,107-108,111-116,119-120H,5-34,59-60,77-78,83-92H2,1-4H3/t107-,108-,111-,112-,113+,114+,115-,116-,119-,120-/m1/s1. The zero-order valence-electron chi connectivity index (χ0n) is 82.2. The molecule has 2 aliphatic heterocycles. The summed E-state index contributed by atoms with van der Waals surface area (Å²) in [5.41, 5.74) is 8.67. The maximum Gasteiger partial charge on any atom is 0.342 e. The molecule has 2 aliphatic rings. The first kappa shape index (κ1) is 106. The van der Waals surface area contributed by atoms with E-state index in [0.717, 1.165) is 83.0 Å². The topological polar surface area (TPSA) is 173 Å². The highest BCUT2D eigenvalue weighted by atomic mass is 16.8. The zero-order chi connectivity index (χ0) is 95.0. The van der Waals surface area contributed by atoms with Gasteiger partial charge in [0, 0.05) is 12.1 Å². The predicted molar refractivity (Wildman–Crippen MR) is 543 cm³/mol. The molecule has 0 aromatic heterocycles. The van der Waals surface area contributed by atoms with Gasteiger partial charge in [-0.3, -0.25) is 0 Å². The predicted octanol–water partition coefficient (Wildman–Crippen LogP) is 28.7. The van der Waals surface area contributed by atoms with E-state index in [0.29, 0.717) is 47.3 Å². The van der Waals surface area contributed by atoms with Crippen molar-refractivity contribution in [2.75, 3.05) is 26.4 Å². The molecule has 736 valence electrons. The molecule has 2 saturated heterocycles. The fourth-order valence-corrected chi connectivity index (χ4v) is 18.1. The highest BCUT2D eigenvalue weighted by Gasteiger charge is 2.55. The summed E-state index contributed by atoms with van der Waals surface area (Å²) in [5.74, 6) is 0.452. The fraction of sp³-hybridized carbons (Fsp3) is 0.483. The maximum absolute atomic E-state index is 15.7. The number of aryl methyl sites for hydroxylation is 2. The Bertz CT molecular complexity index is 4560. The van der Waals surface area contributed by atoms with Crippen LogP contribution in [0.15, 0.2) is 267 Å². The van der Waals surface area contributed by atoms with Crippen LogP contribution in [0.3, 0.4) is 0 Å². The average molecular weight is 1870 g/mol. The smallest absolute Gasteiger partial charge is 0.342 e. The summed E-state index contributed by atoms with van der Waals surface area (Å²) in [7, 11) is 0. The summed E-state index contributed by atoms with van der Waals surface area (Å²) >= 11 is 0. The Morgan fingerprint density at radius 1 is 0.248 bits per heavy atom. The van der Waals surface area contributed by atoms with Crippen LogP contribution in [0.2, 0.25) is 0 Å². The monoisotopic (exact) mass is 1870 g/mol. The summed E-state index contributed by atoms with van der Waals surface area (Å²) in [5, 5.41) is 0. The second-order valence-electron chi connectivity index (χ2n) is 37.1. The molecule has 137 heavy (non-hydrogen) atoms. The summed E-state index contributed by atoms with van der Waals surface area (Å²) in [6.07, 6.45) is 29.2. The number of benzene rings is 10. The van der Waals surface area contributed by atoms with Crippen molar-refractivity contribution in [3.8, 4) is 23.0 Å². The molecule has 17 nitrogen and oxygen atoms in total. The third-order valence-corrected chi connectivity index (χ3v) is 25.9. The van der Waals surface area contributed by atoms with E-state index in [4.69, 9.17) is 71.1 Å². The SMILES string of the molecule is CCCCCCCCCCCCCCCCCCOc1cc(C)c(C(=O)OC[C@H]2O[C@H](O[C@H]3O[C@H](COC(=O)c4c(C)cc(OCCCCCCCCCCCCCCCCCC)cc4OCc4ccccc4)[C@@H](OCc4ccccc4)[C@H](OCc4ccccc4)[C@H]3OCc3ccccc3)[C@H](OCc3ccccc3)[C@@H](OCc3ccccc3)[C@@H]2OCc2ccccc2)c(OCc2ccccc2)c1. The van der Waals surface area contributed by atoms with Crippen molar-refractivity contribution in [3.05, 3.63) is 334 Å². The molecule has 2 fully saturated rings. The molecule has 0 spiro atoms. The molecule has 0 radical (unpaired) electrons. The highest BCUT2D eigenvalue weighted by Crippen LogP contribution is 2.40. The molecule has 10 atom stereocenters. The van der Waals surface area contributed by atoms with Gasteiger partial charge >= 0.3 is 11.9 Å². The zero-order valence-corrected chi connectivity index (χ0v) is 82.2. The van der Waals surface area contributed by atoms with Crippen molar-refractivity contribution in [3.63, 3.8) is 0 Å². The van der Waals surface area contributed by atoms with E-state index >= 15 is 9.59 Å². The van der Waals surface area contributed by atoms with Gasteiger partial charge in [-0.2, -0.15) is 0 Å². The van der Waals surface area contributed by atoms with Gasteiger partial charge in [-0.1, -0.05) is 449 Å². The lowest BCUT2D eigenvalue weighted by molar-refractivity contribution is -0.393. The van der Waals surface area contributed by atoms with Gasteiger partial charge in [-0.15, -0.1) is 0 Å². The van der Waals surface area contributed by atoms with Gasteiger partial charge in [0.25, 0.3) is 0 Å². The lowest BCUT2D eigenvalue weighted by Gasteiger charge is -2.49. The summed E-state index contributed by atoms with van der Waals surface area (Å²) in [6.45, 7) is 9.42. The number of esters is 2. The van der Waals surface area contributed by atoms with Crippen LogP contribution in [0.5, 0.6) is 23.0 Å². The Labute approximate surface area is 818 Å². The number of ether oxygens (including phenoxy) is 15. The third-order valence-electron chi connectivity index (χ3n) is 25.9. The van der Waals surface area contributed by atoms with Gasteiger partial charge in [0.2, 0.25) is 0 Å². The first-order chi connectivity index (χ1) is 67.6. The Balaban J connectivity index is 0.847. The van der Waals surface area contributed by atoms with Crippen molar-refractivity contribution in [2.24, 2.45) is 0 Å². The van der Waals surface area contributed by atoms with Crippen LogP contribution >= 0.6 is 0 Å². The Kier molecular flexibility index (Phi) is 48.5. The van der Waals surface area contributed by atoms with E-state index < -0.39 is 73.4 Å². The van der Waals surface area contributed by atoms with Crippen LogP contribution in [0.1, 0.15) is 296 Å². The number of unbranched alkanes of at least 4 members (excludes halogenated alkanes) is 30. The molecule has 0 saturated carbocycles. The maximum atomic E-state index is 15.7. The minimum atomic E-state index is -1.46. The highest BCUT2D eigenvalue weighted by molar-refractivity contribution is 5.95. The van der Waals surface area contributed by atoms with E-state index in [2.05, 4.69) is 13.8 Å². The fourth-order valence-electron chi connectivity index (χ4n) is 18.1. The molecule has 10 aromatic carbocycles. The Morgan fingerprint density at radius 2 is 0.467 bits per heavy atom. The van der Waals surface area contributed by atoms with E-state index in [1.165, 1.54) is 167 Å². The van der Waals surface area contributed by atoms with E-state index in [1.54, 1.807) is 12.1 Å². The van der Waals surface area contributed by atoms with Crippen molar-refractivity contribution in [1.82, 2.24) is 0 Å². The lowest BCUT2D eigenvalue weighted by Crippen LogP contribution is -2.66. The van der Waals surface area contributed by atoms with Crippen LogP contribution < -0.4 is 18.9 Å². The molecule has 0 unspecified atom stereocenters. The van der Waals surface area contributed by atoms with Crippen LogP contribution in [0.25, 0.3) is 0 Å². The van der Waals surface area contributed by atoms with Crippen LogP contribution in [-0.2, 0) is 105 Å². The molecule has 2 heterocycles. The second kappa shape index (κ2) is 62.8. The molecule has 17 heteroatoms. The average Bonchev–Trinajstić information content (AvgIpc) is 0.764. The van der Waals surface area contributed by atoms with E-state index in [9.17, 15) is 0 Å². The van der Waals surface area contributed by atoms with Crippen LogP contribution in [-0.4, -0.2) is 99.8 Å². The van der Waals surface area contributed by atoms with Gasteiger partial charge in [0.1, 0.15) is 109 Å². The molecule has 12 rings (SSSR count). The van der Waals surface area contributed by atoms with E-state index in [1.807, 2.05) is 269 Å². The number of rotatable bonds is 68.